The minimum atomic E-state index is -0.0287. The first-order chi connectivity index (χ1) is 10.1. The van der Waals surface area contributed by atoms with Crippen molar-refractivity contribution in [2.45, 2.75) is 17.9 Å². The van der Waals surface area contributed by atoms with Crippen molar-refractivity contribution < 1.29 is 0 Å². The molecule has 0 fully saturated rings. The molecule has 5 heteroatoms. The van der Waals surface area contributed by atoms with E-state index in [2.05, 4.69) is 11.4 Å². The molecule has 2 rings (SSSR count). The van der Waals surface area contributed by atoms with E-state index in [4.69, 9.17) is 23.2 Å². The van der Waals surface area contributed by atoms with Crippen LogP contribution in [0.4, 0.5) is 5.69 Å². The van der Waals surface area contributed by atoms with E-state index < -0.39 is 0 Å². The Bertz CT molecular complexity index is 695. The Balaban J connectivity index is 2.32. The summed E-state index contributed by atoms with van der Waals surface area (Å²) in [5, 5.41) is 13.9. The van der Waals surface area contributed by atoms with Crippen molar-refractivity contribution in [3.8, 4) is 6.07 Å². The predicted octanol–water partition coefficient (Wildman–Crippen LogP) is 5.76. The molecule has 0 aliphatic rings. The third-order valence-corrected chi connectivity index (χ3v) is 4.50. The largest absolute Gasteiger partial charge is 0.377 e. The van der Waals surface area contributed by atoms with Gasteiger partial charge in [-0.15, -0.1) is 11.8 Å². The van der Waals surface area contributed by atoms with E-state index >= 15 is 0 Å². The smallest absolute Gasteiger partial charge is 0.102 e. The van der Waals surface area contributed by atoms with Gasteiger partial charge in [0.15, 0.2) is 0 Å². The molecule has 2 aromatic carbocycles. The first-order valence-electron chi connectivity index (χ1n) is 6.35. The average molecular weight is 337 g/mol. The van der Waals surface area contributed by atoms with Gasteiger partial charge >= 0.3 is 0 Å². The van der Waals surface area contributed by atoms with Crippen LogP contribution in [0.3, 0.4) is 0 Å². The normalized spacial score (nSPS) is 11.8. The van der Waals surface area contributed by atoms with Crippen LogP contribution in [0.5, 0.6) is 0 Å². The van der Waals surface area contributed by atoms with E-state index in [-0.39, 0.29) is 6.04 Å². The summed E-state index contributed by atoms with van der Waals surface area (Å²) in [6, 6.07) is 13.4. The van der Waals surface area contributed by atoms with Gasteiger partial charge in [-0.3, -0.25) is 0 Å². The monoisotopic (exact) mass is 336 g/mol. The van der Waals surface area contributed by atoms with E-state index in [1.165, 1.54) is 0 Å². The fraction of sp³-hybridized carbons (Fsp3) is 0.188. The van der Waals surface area contributed by atoms with Gasteiger partial charge in [-0.05, 0) is 43.0 Å². The lowest BCUT2D eigenvalue weighted by atomic mass is 10.1. The summed E-state index contributed by atoms with van der Waals surface area (Å²) in [6.45, 7) is 2.00. The van der Waals surface area contributed by atoms with Crippen molar-refractivity contribution in [3.63, 3.8) is 0 Å². The molecule has 0 aliphatic heterocycles. The number of hydrogen-bond acceptors (Lipinski definition) is 3. The summed E-state index contributed by atoms with van der Waals surface area (Å²) >= 11 is 13.7. The van der Waals surface area contributed by atoms with Crippen LogP contribution in [0.15, 0.2) is 41.3 Å². The molecular weight excluding hydrogens is 323 g/mol. The molecule has 0 amide bonds. The lowest BCUT2D eigenvalue weighted by Gasteiger charge is -2.19. The van der Waals surface area contributed by atoms with E-state index in [1.54, 1.807) is 17.8 Å². The Hall–Kier alpha value is -1.34. The number of nitrogens with zero attached hydrogens (tertiary/aromatic N) is 1. The van der Waals surface area contributed by atoms with Crippen molar-refractivity contribution in [3.05, 3.63) is 57.6 Å². The number of nitriles is 1. The van der Waals surface area contributed by atoms with Gasteiger partial charge in [-0.2, -0.15) is 5.26 Å². The Morgan fingerprint density at radius 3 is 2.62 bits per heavy atom. The molecule has 0 heterocycles. The second-order valence-corrected chi connectivity index (χ2v) is 6.22. The molecule has 1 N–H and O–H groups in total. The first kappa shape index (κ1) is 16.0. The van der Waals surface area contributed by atoms with E-state index in [9.17, 15) is 5.26 Å². The molecule has 0 saturated heterocycles. The topological polar surface area (TPSA) is 35.8 Å². The second kappa shape index (κ2) is 7.09. The molecule has 21 heavy (non-hydrogen) atoms. The summed E-state index contributed by atoms with van der Waals surface area (Å²) in [5.41, 5.74) is 2.41. The summed E-state index contributed by atoms with van der Waals surface area (Å²) in [5.74, 6) is 0. The Kier molecular flexibility index (Phi) is 5.41. The summed E-state index contributed by atoms with van der Waals surface area (Å²) in [6.07, 6.45) is 1.96. The van der Waals surface area contributed by atoms with Crippen LogP contribution >= 0.6 is 35.0 Å². The van der Waals surface area contributed by atoms with Gasteiger partial charge in [0.05, 0.1) is 17.3 Å². The summed E-state index contributed by atoms with van der Waals surface area (Å²) in [4.78, 5) is 0.955. The van der Waals surface area contributed by atoms with E-state index in [1.807, 2.05) is 43.5 Å². The minimum Gasteiger partial charge on any atom is -0.377 e. The molecule has 0 radical (unpaired) electrons. The van der Waals surface area contributed by atoms with Gasteiger partial charge < -0.3 is 5.32 Å². The van der Waals surface area contributed by atoms with Crippen LogP contribution in [0, 0.1) is 11.3 Å². The van der Waals surface area contributed by atoms with Crippen LogP contribution in [0.2, 0.25) is 10.0 Å². The number of anilines is 1. The van der Waals surface area contributed by atoms with Crippen LogP contribution in [0.25, 0.3) is 0 Å². The van der Waals surface area contributed by atoms with Crippen LogP contribution in [-0.4, -0.2) is 6.26 Å². The van der Waals surface area contributed by atoms with Gasteiger partial charge in [-0.25, -0.2) is 0 Å². The number of rotatable bonds is 4. The lowest BCUT2D eigenvalue weighted by molar-refractivity contribution is 0.883. The van der Waals surface area contributed by atoms with Crippen molar-refractivity contribution in [2.75, 3.05) is 11.6 Å². The van der Waals surface area contributed by atoms with Gasteiger partial charge in [0.2, 0.25) is 0 Å². The molecular formula is C16H14Cl2N2S. The first-order valence-corrected chi connectivity index (χ1v) is 8.33. The maximum atomic E-state index is 9.36. The summed E-state index contributed by atoms with van der Waals surface area (Å²) in [7, 11) is 0. The highest BCUT2D eigenvalue weighted by atomic mass is 35.5. The number of hydrogen-bond donors (Lipinski definition) is 1. The molecule has 0 bridgehead atoms. The molecule has 0 aliphatic carbocycles. The van der Waals surface area contributed by atoms with Crippen molar-refractivity contribution in [1.82, 2.24) is 0 Å². The zero-order chi connectivity index (χ0) is 15.4. The molecule has 0 spiro atoms. The van der Waals surface area contributed by atoms with Crippen LogP contribution in [-0.2, 0) is 0 Å². The Morgan fingerprint density at radius 2 is 2.00 bits per heavy atom. The molecule has 1 atom stereocenters. The number of nitrogens with one attached hydrogen (secondary N) is 1. The molecule has 0 saturated carbocycles. The SMILES string of the molecule is CSc1cccc(NC(C)c2ccc(Cl)cc2Cl)c1C#N. The third-order valence-electron chi connectivity index (χ3n) is 3.16. The van der Waals surface area contributed by atoms with Crippen molar-refractivity contribution in [2.24, 2.45) is 0 Å². The average Bonchev–Trinajstić information content (AvgIpc) is 2.46. The Labute approximate surface area is 139 Å². The number of thioether (sulfide) groups is 1. The van der Waals surface area contributed by atoms with Gasteiger partial charge in [0, 0.05) is 14.9 Å². The second-order valence-electron chi connectivity index (χ2n) is 4.53. The molecule has 1 unspecified atom stereocenters. The predicted molar refractivity (Wildman–Crippen MR) is 91.4 cm³/mol. The zero-order valence-electron chi connectivity index (χ0n) is 11.7. The number of halogens is 2. The molecule has 2 aromatic rings. The Morgan fingerprint density at radius 1 is 1.24 bits per heavy atom. The highest BCUT2D eigenvalue weighted by molar-refractivity contribution is 7.98. The van der Waals surface area contributed by atoms with Gasteiger partial charge in [0.25, 0.3) is 0 Å². The van der Waals surface area contributed by atoms with Crippen LogP contribution < -0.4 is 5.32 Å². The van der Waals surface area contributed by atoms with E-state index in [0.29, 0.717) is 15.6 Å². The van der Waals surface area contributed by atoms with Gasteiger partial charge in [-0.1, -0.05) is 35.3 Å². The van der Waals surface area contributed by atoms with Crippen molar-refractivity contribution in [1.29, 1.82) is 5.26 Å². The number of benzene rings is 2. The third kappa shape index (κ3) is 3.65. The maximum absolute atomic E-state index is 9.36. The summed E-state index contributed by atoms with van der Waals surface area (Å²) < 4.78 is 0. The molecule has 2 nitrogen and oxygen atoms in total. The van der Waals surface area contributed by atoms with Gasteiger partial charge in [0.1, 0.15) is 6.07 Å². The van der Waals surface area contributed by atoms with Crippen molar-refractivity contribution >= 4 is 40.7 Å². The highest BCUT2D eigenvalue weighted by Crippen LogP contribution is 2.32. The molecule has 108 valence electrons. The molecule has 0 aromatic heterocycles. The lowest BCUT2D eigenvalue weighted by Crippen LogP contribution is -2.08. The maximum Gasteiger partial charge on any atom is 0.102 e. The van der Waals surface area contributed by atoms with E-state index in [0.717, 1.165) is 16.1 Å². The fourth-order valence-electron chi connectivity index (χ4n) is 2.10. The van der Waals surface area contributed by atoms with Crippen LogP contribution in [0.1, 0.15) is 24.1 Å². The fourth-order valence-corrected chi connectivity index (χ4v) is 3.25. The quantitative estimate of drug-likeness (QED) is 0.721. The zero-order valence-corrected chi connectivity index (χ0v) is 14.0. The standard InChI is InChI=1S/C16H14Cl2N2S/c1-10(12-7-6-11(17)8-14(12)18)20-15-4-3-5-16(21-2)13(15)9-19/h3-8,10,20H,1-2H3. The highest BCUT2D eigenvalue weighted by Gasteiger charge is 2.13. The minimum absolute atomic E-state index is 0.0287.